The van der Waals surface area contributed by atoms with Crippen LogP contribution in [0.15, 0.2) is 24.5 Å². The lowest BCUT2D eigenvalue weighted by molar-refractivity contribution is -0.122. The van der Waals surface area contributed by atoms with Crippen LogP contribution < -0.4 is 5.32 Å². The van der Waals surface area contributed by atoms with Crippen LogP contribution in [0.1, 0.15) is 44.1 Å². The second-order valence-corrected chi connectivity index (χ2v) is 5.42. The van der Waals surface area contributed by atoms with Crippen molar-refractivity contribution in [3.8, 4) is 0 Å². The Bertz CT molecular complexity index is 400. The van der Waals surface area contributed by atoms with Crippen LogP contribution in [0, 0.1) is 0 Å². The molecule has 0 aliphatic heterocycles. The van der Waals surface area contributed by atoms with E-state index in [0.29, 0.717) is 13.0 Å². The molecule has 0 atom stereocenters. The molecule has 4 heteroatoms. The molecule has 1 heterocycles. The molecule has 0 saturated heterocycles. The van der Waals surface area contributed by atoms with Gasteiger partial charge in [0.1, 0.15) is 0 Å². The first-order valence-electron chi connectivity index (χ1n) is 7.06. The largest absolute Gasteiger partial charge is 0.388 e. The minimum atomic E-state index is -0.654. The Balaban J connectivity index is 1.62. The van der Waals surface area contributed by atoms with E-state index in [-0.39, 0.29) is 5.91 Å². The highest BCUT2D eigenvalue weighted by atomic mass is 16.3. The van der Waals surface area contributed by atoms with Crippen LogP contribution in [-0.4, -0.2) is 28.1 Å². The molecule has 1 fully saturated rings. The van der Waals surface area contributed by atoms with Gasteiger partial charge in [-0.3, -0.25) is 9.78 Å². The first-order valence-corrected chi connectivity index (χ1v) is 7.06. The zero-order valence-corrected chi connectivity index (χ0v) is 11.3. The van der Waals surface area contributed by atoms with E-state index in [2.05, 4.69) is 10.3 Å². The van der Waals surface area contributed by atoms with Gasteiger partial charge in [-0.05, 0) is 37.3 Å². The number of carbonyl (C=O) groups is 1. The van der Waals surface area contributed by atoms with Gasteiger partial charge in [0.2, 0.25) is 5.91 Å². The van der Waals surface area contributed by atoms with Gasteiger partial charge in [0.25, 0.3) is 0 Å². The van der Waals surface area contributed by atoms with Crippen molar-refractivity contribution in [2.24, 2.45) is 0 Å². The zero-order valence-electron chi connectivity index (χ0n) is 11.3. The van der Waals surface area contributed by atoms with Crippen LogP contribution in [-0.2, 0) is 11.2 Å². The number of hydrogen-bond acceptors (Lipinski definition) is 3. The summed E-state index contributed by atoms with van der Waals surface area (Å²) in [5, 5.41) is 13.0. The molecule has 1 aromatic rings. The minimum absolute atomic E-state index is 0.0317. The number of aliphatic hydroxyl groups is 1. The number of nitrogens with one attached hydrogen (secondary N) is 1. The fourth-order valence-electron chi connectivity index (χ4n) is 2.56. The lowest BCUT2D eigenvalue weighted by Gasteiger charge is -2.22. The molecule has 2 N–H and O–H groups in total. The van der Waals surface area contributed by atoms with E-state index in [1.807, 2.05) is 18.3 Å². The fraction of sp³-hybridized carbons (Fsp3) is 0.600. The van der Waals surface area contributed by atoms with E-state index in [4.69, 9.17) is 0 Å². The average Bonchev–Trinajstić information content (AvgIpc) is 2.85. The maximum absolute atomic E-state index is 11.7. The smallest absolute Gasteiger partial charge is 0.220 e. The second kappa shape index (κ2) is 6.66. The molecule has 0 aromatic carbocycles. The quantitative estimate of drug-likeness (QED) is 0.822. The summed E-state index contributed by atoms with van der Waals surface area (Å²) in [6.45, 7) is 0.402. The van der Waals surface area contributed by atoms with E-state index in [9.17, 15) is 9.90 Å². The summed E-state index contributed by atoms with van der Waals surface area (Å²) in [4.78, 5) is 15.7. The third kappa shape index (κ3) is 4.63. The van der Waals surface area contributed by atoms with Crippen molar-refractivity contribution < 1.29 is 9.90 Å². The van der Waals surface area contributed by atoms with E-state index < -0.39 is 5.60 Å². The summed E-state index contributed by atoms with van der Waals surface area (Å²) in [5.74, 6) is 0.0317. The first kappa shape index (κ1) is 14.0. The Morgan fingerprint density at radius 1 is 1.42 bits per heavy atom. The monoisotopic (exact) mass is 262 g/mol. The molecular formula is C15H22N2O2. The van der Waals surface area contributed by atoms with Gasteiger partial charge in [0, 0.05) is 25.4 Å². The van der Waals surface area contributed by atoms with Crippen LogP contribution in [0.2, 0.25) is 0 Å². The maximum atomic E-state index is 11.7. The van der Waals surface area contributed by atoms with Crippen LogP contribution in [0.4, 0.5) is 0 Å². The van der Waals surface area contributed by atoms with Crippen molar-refractivity contribution in [1.82, 2.24) is 10.3 Å². The average molecular weight is 262 g/mol. The van der Waals surface area contributed by atoms with Gasteiger partial charge in [-0.1, -0.05) is 18.9 Å². The second-order valence-electron chi connectivity index (χ2n) is 5.42. The number of rotatable bonds is 6. The molecule has 1 aromatic heterocycles. The molecule has 104 valence electrons. The number of nitrogens with zero attached hydrogens (tertiary/aromatic N) is 1. The molecular weight excluding hydrogens is 240 g/mol. The van der Waals surface area contributed by atoms with Crippen molar-refractivity contribution in [2.75, 3.05) is 6.54 Å². The van der Waals surface area contributed by atoms with E-state index >= 15 is 0 Å². The molecule has 1 aliphatic carbocycles. The minimum Gasteiger partial charge on any atom is -0.388 e. The highest BCUT2D eigenvalue weighted by Crippen LogP contribution is 2.28. The maximum Gasteiger partial charge on any atom is 0.220 e. The molecule has 0 bridgehead atoms. The Morgan fingerprint density at radius 2 is 2.21 bits per heavy atom. The van der Waals surface area contributed by atoms with Crippen molar-refractivity contribution in [2.45, 2.75) is 50.5 Å². The van der Waals surface area contributed by atoms with Gasteiger partial charge in [-0.2, -0.15) is 0 Å². The standard InChI is InChI=1S/C15H22N2O2/c18-14(17-12-15(19)8-1-2-9-15)7-3-5-13-6-4-10-16-11-13/h4,6,10-11,19H,1-3,5,7-9,12H2,(H,17,18). The molecule has 0 unspecified atom stereocenters. The Hall–Kier alpha value is -1.42. The lowest BCUT2D eigenvalue weighted by Crippen LogP contribution is -2.40. The number of pyridine rings is 1. The topological polar surface area (TPSA) is 62.2 Å². The van der Waals surface area contributed by atoms with Gasteiger partial charge in [-0.15, -0.1) is 0 Å². The molecule has 0 radical (unpaired) electrons. The van der Waals surface area contributed by atoms with Crippen molar-refractivity contribution in [3.63, 3.8) is 0 Å². The third-order valence-corrected chi connectivity index (χ3v) is 3.74. The number of aromatic nitrogens is 1. The highest BCUT2D eigenvalue weighted by molar-refractivity contribution is 5.75. The SMILES string of the molecule is O=C(CCCc1cccnc1)NCC1(O)CCCC1. The van der Waals surface area contributed by atoms with Gasteiger partial charge in [-0.25, -0.2) is 0 Å². The molecule has 2 rings (SSSR count). The normalized spacial score (nSPS) is 17.3. The van der Waals surface area contributed by atoms with Crippen molar-refractivity contribution >= 4 is 5.91 Å². The van der Waals surface area contributed by atoms with Crippen molar-refractivity contribution in [3.05, 3.63) is 30.1 Å². The Labute approximate surface area is 114 Å². The zero-order chi connectivity index (χ0) is 13.6. The van der Waals surface area contributed by atoms with E-state index in [0.717, 1.165) is 44.1 Å². The number of carbonyl (C=O) groups excluding carboxylic acids is 1. The van der Waals surface area contributed by atoms with Gasteiger partial charge in [0.15, 0.2) is 0 Å². The summed E-state index contributed by atoms with van der Waals surface area (Å²) in [6, 6.07) is 3.93. The molecule has 19 heavy (non-hydrogen) atoms. The summed E-state index contributed by atoms with van der Waals surface area (Å²) in [7, 11) is 0. The van der Waals surface area contributed by atoms with E-state index in [1.54, 1.807) is 6.20 Å². The molecule has 4 nitrogen and oxygen atoms in total. The van der Waals surface area contributed by atoms with Gasteiger partial charge >= 0.3 is 0 Å². The first-order chi connectivity index (χ1) is 9.18. The van der Waals surface area contributed by atoms with Crippen molar-refractivity contribution in [1.29, 1.82) is 0 Å². The molecule has 1 saturated carbocycles. The number of hydrogen-bond donors (Lipinski definition) is 2. The number of aryl methyl sites for hydroxylation is 1. The summed E-state index contributed by atoms with van der Waals surface area (Å²) in [6.07, 6.45) is 9.51. The molecule has 1 aliphatic rings. The highest BCUT2D eigenvalue weighted by Gasteiger charge is 2.31. The summed E-state index contributed by atoms with van der Waals surface area (Å²) >= 11 is 0. The van der Waals surface area contributed by atoms with Crippen LogP contribution in [0.25, 0.3) is 0 Å². The predicted molar refractivity (Wildman–Crippen MR) is 73.6 cm³/mol. The van der Waals surface area contributed by atoms with Gasteiger partial charge < -0.3 is 10.4 Å². The third-order valence-electron chi connectivity index (χ3n) is 3.74. The van der Waals surface area contributed by atoms with Crippen LogP contribution in [0.3, 0.4) is 0 Å². The number of amides is 1. The lowest BCUT2D eigenvalue weighted by atomic mass is 10.0. The molecule has 0 spiro atoms. The Kier molecular flexibility index (Phi) is 4.91. The predicted octanol–water partition coefficient (Wildman–Crippen LogP) is 1.83. The Morgan fingerprint density at radius 3 is 2.89 bits per heavy atom. The summed E-state index contributed by atoms with van der Waals surface area (Å²) in [5.41, 5.74) is 0.503. The summed E-state index contributed by atoms with van der Waals surface area (Å²) < 4.78 is 0. The van der Waals surface area contributed by atoms with E-state index in [1.165, 1.54) is 0 Å². The molecule has 1 amide bonds. The fourth-order valence-corrected chi connectivity index (χ4v) is 2.56. The van der Waals surface area contributed by atoms with Crippen LogP contribution >= 0.6 is 0 Å². The van der Waals surface area contributed by atoms with Crippen LogP contribution in [0.5, 0.6) is 0 Å². The van der Waals surface area contributed by atoms with Gasteiger partial charge in [0.05, 0.1) is 5.60 Å².